The summed E-state index contributed by atoms with van der Waals surface area (Å²) in [6, 6.07) is 18.4. The molecule has 0 amide bonds. The molecule has 4 rings (SSSR count). The number of likely N-dealkylation sites (tertiary alicyclic amines) is 1. The van der Waals surface area contributed by atoms with Crippen LogP contribution in [0.3, 0.4) is 0 Å². The molecule has 2 aliphatic heterocycles. The Labute approximate surface area is 160 Å². The Balaban J connectivity index is 1.44. The second-order valence-electron chi connectivity index (χ2n) is 7.81. The molecule has 2 nitrogen and oxygen atoms in total. The number of halogens is 1. The van der Waals surface area contributed by atoms with E-state index in [1.165, 1.54) is 53.6 Å². The van der Waals surface area contributed by atoms with Gasteiger partial charge >= 0.3 is 0 Å². The third-order valence-electron chi connectivity index (χ3n) is 5.69. The van der Waals surface area contributed by atoms with Crippen LogP contribution >= 0.6 is 15.9 Å². The Morgan fingerprint density at radius 3 is 2.72 bits per heavy atom. The maximum Gasteiger partial charge on any atom is 0.0240 e. The fourth-order valence-electron chi connectivity index (χ4n) is 4.52. The summed E-state index contributed by atoms with van der Waals surface area (Å²) in [6.07, 6.45) is 2.51. The number of hydrogen-bond acceptors (Lipinski definition) is 2. The van der Waals surface area contributed by atoms with Gasteiger partial charge in [0.15, 0.2) is 0 Å². The first-order valence-electron chi connectivity index (χ1n) is 9.45. The summed E-state index contributed by atoms with van der Waals surface area (Å²) in [6.45, 7) is 8.23. The van der Waals surface area contributed by atoms with Crippen molar-refractivity contribution in [3.8, 4) is 0 Å². The molecule has 2 heterocycles. The smallest absolute Gasteiger partial charge is 0.0240 e. The second-order valence-corrected chi connectivity index (χ2v) is 8.72. The van der Waals surface area contributed by atoms with E-state index in [0.717, 1.165) is 19.0 Å². The Hall–Kier alpha value is -1.16. The van der Waals surface area contributed by atoms with Crippen LogP contribution in [0.15, 0.2) is 53.0 Å². The average Bonchev–Trinajstić information content (AvgIpc) is 2.61. The SMILES string of the molecule is C[C@@H]1C[C@H](N2CCc3cc(Br)ccc3C2)CN(Cc2ccccc2)C1. The number of benzene rings is 2. The lowest BCUT2D eigenvalue weighted by atomic mass is 9.91. The molecule has 2 aliphatic rings. The van der Waals surface area contributed by atoms with E-state index < -0.39 is 0 Å². The molecule has 0 aliphatic carbocycles. The maximum absolute atomic E-state index is 3.61. The highest BCUT2D eigenvalue weighted by atomic mass is 79.9. The molecule has 0 aromatic heterocycles. The molecule has 0 spiro atoms. The van der Waals surface area contributed by atoms with E-state index >= 15 is 0 Å². The minimum absolute atomic E-state index is 0.684. The molecule has 2 aromatic carbocycles. The first-order chi connectivity index (χ1) is 12.2. The molecule has 0 bridgehead atoms. The molecule has 25 heavy (non-hydrogen) atoms. The fraction of sp³-hybridized carbons (Fsp3) is 0.455. The van der Waals surface area contributed by atoms with Crippen molar-refractivity contribution < 1.29 is 0 Å². The Morgan fingerprint density at radius 2 is 1.88 bits per heavy atom. The van der Waals surface area contributed by atoms with Gasteiger partial charge in [-0.15, -0.1) is 0 Å². The average molecular weight is 399 g/mol. The Morgan fingerprint density at radius 1 is 1.04 bits per heavy atom. The third kappa shape index (κ3) is 4.16. The standard InChI is InChI=1S/C22H27BrN2/c1-17-11-22(16-24(13-17)14-18-5-3-2-4-6-18)25-10-9-19-12-21(23)8-7-20(19)15-25/h2-8,12,17,22H,9-11,13-16H2,1H3/t17-,22+/m1/s1. The van der Waals surface area contributed by atoms with Crippen LogP contribution < -0.4 is 0 Å². The van der Waals surface area contributed by atoms with Crippen molar-refractivity contribution in [1.29, 1.82) is 0 Å². The van der Waals surface area contributed by atoms with E-state index in [4.69, 9.17) is 0 Å². The molecule has 1 saturated heterocycles. The molecule has 0 saturated carbocycles. The summed E-state index contributed by atoms with van der Waals surface area (Å²) in [4.78, 5) is 5.38. The van der Waals surface area contributed by atoms with Crippen molar-refractivity contribution in [1.82, 2.24) is 9.80 Å². The van der Waals surface area contributed by atoms with Crippen molar-refractivity contribution in [3.63, 3.8) is 0 Å². The zero-order valence-corrected chi connectivity index (χ0v) is 16.6. The van der Waals surface area contributed by atoms with Crippen LogP contribution in [0, 0.1) is 5.92 Å². The predicted molar refractivity (Wildman–Crippen MR) is 108 cm³/mol. The number of rotatable bonds is 3. The highest BCUT2D eigenvalue weighted by Gasteiger charge is 2.30. The summed E-state index contributed by atoms with van der Waals surface area (Å²) in [5.74, 6) is 0.772. The second kappa shape index (κ2) is 7.61. The van der Waals surface area contributed by atoms with E-state index in [1.54, 1.807) is 0 Å². The van der Waals surface area contributed by atoms with Crippen molar-refractivity contribution in [2.75, 3.05) is 19.6 Å². The van der Waals surface area contributed by atoms with Crippen molar-refractivity contribution in [2.45, 2.75) is 38.9 Å². The van der Waals surface area contributed by atoms with Gasteiger partial charge in [-0.1, -0.05) is 59.3 Å². The molecule has 0 unspecified atom stereocenters. The van der Waals surface area contributed by atoms with Crippen LogP contribution in [0.4, 0.5) is 0 Å². The van der Waals surface area contributed by atoms with E-state index in [9.17, 15) is 0 Å². The number of fused-ring (bicyclic) bond motifs is 1. The van der Waals surface area contributed by atoms with Gasteiger partial charge in [0.25, 0.3) is 0 Å². The molecule has 132 valence electrons. The van der Waals surface area contributed by atoms with Crippen LogP contribution in [0.5, 0.6) is 0 Å². The van der Waals surface area contributed by atoms with Crippen molar-refractivity contribution in [3.05, 3.63) is 69.7 Å². The van der Waals surface area contributed by atoms with Crippen LogP contribution in [-0.4, -0.2) is 35.5 Å². The van der Waals surface area contributed by atoms with E-state index in [0.29, 0.717) is 6.04 Å². The van der Waals surface area contributed by atoms with E-state index in [2.05, 4.69) is 81.2 Å². The number of nitrogens with zero attached hydrogens (tertiary/aromatic N) is 2. The lowest BCUT2D eigenvalue weighted by Gasteiger charge is -2.43. The Kier molecular flexibility index (Phi) is 5.25. The van der Waals surface area contributed by atoms with E-state index in [-0.39, 0.29) is 0 Å². The van der Waals surface area contributed by atoms with Crippen molar-refractivity contribution in [2.24, 2.45) is 5.92 Å². The monoisotopic (exact) mass is 398 g/mol. The highest BCUT2D eigenvalue weighted by molar-refractivity contribution is 9.10. The summed E-state index contributed by atoms with van der Waals surface area (Å²) >= 11 is 3.61. The zero-order chi connectivity index (χ0) is 17.2. The fourth-order valence-corrected chi connectivity index (χ4v) is 4.93. The van der Waals surface area contributed by atoms with Gasteiger partial charge in [0.05, 0.1) is 0 Å². The van der Waals surface area contributed by atoms with Crippen LogP contribution in [0.2, 0.25) is 0 Å². The number of hydrogen-bond donors (Lipinski definition) is 0. The van der Waals surface area contributed by atoms with Crippen LogP contribution in [0.25, 0.3) is 0 Å². The summed E-state index contributed by atoms with van der Waals surface area (Å²) in [5.41, 5.74) is 4.47. The first-order valence-corrected chi connectivity index (χ1v) is 10.2. The lowest BCUT2D eigenvalue weighted by molar-refractivity contribution is 0.0589. The molecule has 0 N–H and O–H groups in total. The lowest BCUT2D eigenvalue weighted by Crippen LogP contribution is -2.51. The molecule has 3 heteroatoms. The molecular formula is C22H27BrN2. The minimum atomic E-state index is 0.684. The van der Waals surface area contributed by atoms with Crippen molar-refractivity contribution >= 4 is 15.9 Å². The molecule has 0 radical (unpaired) electrons. The predicted octanol–water partition coefficient (Wildman–Crippen LogP) is 4.72. The molecule has 1 fully saturated rings. The minimum Gasteiger partial charge on any atom is -0.297 e. The van der Waals surface area contributed by atoms with Gasteiger partial charge in [-0.2, -0.15) is 0 Å². The summed E-state index contributed by atoms with van der Waals surface area (Å²) in [7, 11) is 0. The topological polar surface area (TPSA) is 6.48 Å². The summed E-state index contributed by atoms with van der Waals surface area (Å²) < 4.78 is 1.21. The van der Waals surface area contributed by atoms with Gasteiger partial charge in [-0.3, -0.25) is 9.80 Å². The Bertz CT molecular complexity index is 715. The molecular weight excluding hydrogens is 372 g/mol. The van der Waals surface area contributed by atoms with Gasteiger partial charge in [0.1, 0.15) is 0 Å². The highest BCUT2D eigenvalue weighted by Crippen LogP contribution is 2.28. The van der Waals surface area contributed by atoms with E-state index in [1.807, 2.05) is 0 Å². The van der Waals surface area contributed by atoms with Gasteiger partial charge in [0, 0.05) is 43.2 Å². The largest absolute Gasteiger partial charge is 0.297 e. The van der Waals surface area contributed by atoms with Gasteiger partial charge in [-0.05, 0) is 47.6 Å². The normalized spacial score (nSPS) is 24.9. The van der Waals surface area contributed by atoms with Gasteiger partial charge in [0.2, 0.25) is 0 Å². The van der Waals surface area contributed by atoms with Gasteiger partial charge < -0.3 is 0 Å². The molecule has 2 atom stereocenters. The zero-order valence-electron chi connectivity index (χ0n) is 15.0. The molecule has 2 aromatic rings. The quantitative estimate of drug-likeness (QED) is 0.737. The van der Waals surface area contributed by atoms with Crippen LogP contribution in [0.1, 0.15) is 30.0 Å². The van der Waals surface area contributed by atoms with Gasteiger partial charge in [-0.25, -0.2) is 0 Å². The number of piperidine rings is 1. The third-order valence-corrected chi connectivity index (χ3v) is 6.18. The first kappa shape index (κ1) is 17.3. The van der Waals surface area contributed by atoms with Crippen LogP contribution in [-0.2, 0) is 19.5 Å². The summed E-state index contributed by atoms with van der Waals surface area (Å²) in [5, 5.41) is 0. The maximum atomic E-state index is 3.61.